The summed E-state index contributed by atoms with van der Waals surface area (Å²) in [5.41, 5.74) is 0.412. The molecular weight excluding hydrogens is 524 g/mol. The zero-order chi connectivity index (χ0) is 28.7. The number of methoxy groups -OCH3 is 1. The van der Waals surface area contributed by atoms with Crippen LogP contribution in [-0.2, 0) is 11.0 Å². The molecule has 1 N–H and O–H groups in total. The van der Waals surface area contributed by atoms with Gasteiger partial charge in [-0.15, -0.1) is 0 Å². The number of hydrogen-bond donors (Lipinski definition) is 1. The second-order valence-corrected chi connectivity index (χ2v) is 10.1. The summed E-state index contributed by atoms with van der Waals surface area (Å²) in [4.78, 5) is 17.7. The Hall–Kier alpha value is -3.64. The van der Waals surface area contributed by atoms with Gasteiger partial charge in [-0.05, 0) is 86.0 Å². The molecular formula is C31H32F4N2O3. The molecule has 212 valence electrons. The number of alkyl halides is 4. The maximum absolute atomic E-state index is 15.5. The summed E-state index contributed by atoms with van der Waals surface area (Å²) in [5, 5.41) is 9.97. The summed E-state index contributed by atoms with van der Waals surface area (Å²) in [6.45, 7) is 1.51. The van der Waals surface area contributed by atoms with Gasteiger partial charge in [0.1, 0.15) is 11.9 Å². The van der Waals surface area contributed by atoms with E-state index >= 15 is 4.39 Å². The lowest BCUT2D eigenvalue weighted by Gasteiger charge is -2.38. The van der Waals surface area contributed by atoms with E-state index in [0.29, 0.717) is 54.6 Å². The van der Waals surface area contributed by atoms with Crippen LogP contribution in [0.3, 0.4) is 0 Å². The molecule has 1 aromatic heterocycles. The smallest absolute Gasteiger partial charge is 0.417 e. The lowest BCUT2D eigenvalue weighted by molar-refractivity contribution is -0.138. The lowest BCUT2D eigenvalue weighted by atomic mass is 9.79. The predicted octanol–water partition coefficient (Wildman–Crippen LogP) is 6.91. The second kappa shape index (κ2) is 13.1. The predicted molar refractivity (Wildman–Crippen MR) is 145 cm³/mol. The third-order valence-electron chi connectivity index (χ3n) is 7.57. The van der Waals surface area contributed by atoms with E-state index in [-0.39, 0.29) is 30.4 Å². The molecule has 0 radical (unpaired) electrons. The van der Waals surface area contributed by atoms with Gasteiger partial charge in [-0.3, -0.25) is 14.7 Å². The Morgan fingerprint density at radius 2 is 1.98 bits per heavy atom. The van der Waals surface area contributed by atoms with Gasteiger partial charge in [0.15, 0.2) is 0 Å². The number of piperidine rings is 1. The van der Waals surface area contributed by atoms with Gasteiger partial charge in [-0.2, -0.15) is 13.2 Å². The van der Waals surface area contributed by atoms with E-state index in [2.05, 4.69) is 16.8 Å². The normalized spacial score (nSPS) is 18.6. The Bertz CT molecular complexity index is 1380. The minimum Gasteiger partial charge on any atom is -0.497 e. The van der Waals surface area contributed by atoms with Crippen molar-refractivity contribution in [3.63, 3.8) is 0 Å². The highest BCUT2D eigenvalue weighted by atomic mass is 19.4. The number of ether oxygens (including phenoxy) is 1. The topological polar surface area (TPSA) is 62.7 Å². The number of benzene rings is 2. The van der Waals surface area contributed by atoms with Crippen LogP contribution in [0.1, 0.15) is 55.0 Å². The number of halogens is 4. The van der Waals surface area contributed by atoms with Gasteiger partial charge in [-0.1, -0.05) is 24.0 Å². The number of carboxylic acid groups (broad SMARTS) is 1. The number of nitrogens with zero attached hydrogens (tertiary/aromatic N) is 2. The summed E-state index contributed by atoms with van der Waals surface area (Å²) in [7, 11) is 1.56. The average Bonchev–Trinajstić information content (AvgIpc) is 2.94. The highest BCUT2D eigenvalue weighted by Crippen LogP contribution is 2.37. The van der Waals surface area contributed by atoms with Gasteiger partial charge in [0.25, 0.3) is 0 Å². The monoisotopic (exact) mass is 556 g/mol. The van der Waals surface area contributed by atoms with Crippen LogP contribution in [0.25, 0.3) is 10.9 Å². The molecule has 1 aliphatic rings. The van der Waals surface area contributed by atoms with Gasteiger partial charge in [0.05, 0.1) is 24.7 Å². The molecule has 1 aliphatic heterocycles. The molecule has 40 heavy (non-hydrogen) atoms. The molecule has 1 unspecified atom stereocenters. The fraction of sp³-hybridized carbons (Fsp3) is 0.419. The van der Waals surface area contributed by atoms with Gasteiger partial charge < -0.3 is 9.84 Å². The fourth-order valence-electron chi connectivity index (χ4n) is 5.46. The molecule has 2 aromatic carbocycles. The van der Waals surface area contributed by atoms with Crippen LogP contribution < -0.4 is 4.74 Å². The largest absolute Gasteiger partial charge is 0.497 e. The third kappa shape index (κ3) is 7.51. The first-order valence-electron chi connectivity index (χ1n) is 13.3. The summed E-state index contributed by atoms with van der Waals surface area (Å²) < 4.78 is 60.6. The van der Waals surface area contributed by atoms with Crippen LogP contribution in [0.15, 0.2) is 54.7 Å². The minimum absolute atomic E-state index is 0.00742. The van der Waals surface area contributed by atoms with Crippen molar-refractivity contribution in [3.05, 3.63) is 71.4 Å². The van der Waals surface area contributed by atoms with Crippen molar-refractivity contribution in [3.8, 4) is 17.6 Å². The van der Waals surface area contributed by atoms with Crippen molar-refractivity contribution in [1.82, 2.24) is 9.88 Å². The SMILES string of the molecule is COc1ccc2nccc(C(F)CC[C@@H]3CCN(CC#Cc4ccccc4C(F)(F)F)C[C@@H]3CCC(=O)O)c2c1. The quantitative estimate of drug-likeness (QED) is 0.229. The molecule has 2 heterocycles. The van der Waals surface area contributed by atoms with Crippen molar-refractivity contribution < 1.29 is 32.2 Å². The van der Waals surface area contributed by atoms with Gasteiger partial charge in [0, 0.05) is 30.1 Å². The molecule has 3 atom stereocenters. The lowest BCUT2D eigenvalue weighted by Crippen LogP contribution is -2.41. The van der Waals surface area contributed by atoms with E-state index in [0.717, 1.165) is 12.5 Å². The highest BCUT2D eigenvalue weighted by Gasteiger charge is 2.33. The Morgan fingerprint density at radius 3 is 2.73 bits per heavy atom. The number of likely N-dealkylation sites (tertiary alicyclic amines) is 1. The number of carbonyl (C=O) groups is 1. The molecule has 0 saturated carbocycles. The van der Waals surface area contributed by atoms with Crippen LogP contribution >= 0.6 is 0 Å². The van der Waals surface area contributed by atoms with Crippen molar-refractivity contribution in [2.45, 2.75) is 44.5 Å². The first kappa shape index (κ1) is 29.3. The molecule has 4 rings (SSSR count). The average molecular weight is 557 g/mol. The van der Waals surface area contributed by atoms with E-state index in [1.807, 2.05) is 4.90 Å². The first-order valence-corrected chi connectivity index (χ1v) is 13.3. The molecule has 1 fully saturated rings. The Kier molecular flexibility index (Phi) is 9.64. The first-order chi connectivity index (χ1) is 19.2. The van der Waals surface area contributed by atoms with Crippen molar-refractivity contribution >= 4 is 16.9 Å². The summed E-state index contributed by atoms with van der Waals surface area (Å²) >= 11 is 0. The number of pyridine rings is 1. The van der Waals surface area contributed by atoms with Gasteiger partial charge >= 0.3 is 12.1 Å². The van der Waals surface area contributed by atoms with Crippen LogP contribution in [-0.4, -0.2) is 47.7 Å². The molecule has 9 heteroatoms. The number of hydrogen-bond acceptors (Lipinski definition) is 4. The molecule has 1 saturated heterocycles. The highest BCUT2D eigenvalue weighted by molar-refractivity contribution is 5.83. The molecule has 0 spiro atoms. The van der Waals surface area contributed by atoms with E-state index in [1.54, 1.807) is 37.6 Å². The van der Waals surface area contributed by atoms with Crippen molar-refractivity contribution in [1.29, 1.82) is 0 Å². The number of rotatable bonds is 9. The second-order valence-electron chi connectivity index (χ2n) is 10.1. The molecule has 0 bridgehead atoms. The minimum atomic E-state index is -4.48. The van der Waals surface area contributed by atoms with Crippen molar-refractivity contribution in [2.75, 3.05) is 26.7 Å². The maximum atomic E-state index is 15.5. The Labute approximate surface area is 231 Å². The number of fused-ring (bicyclic) bond motifs is 1. The maximum Gasteiger partial charge on any atom is 0.417 e. The number of aromatic nitrogens is 1. The molecule has 5 nitrogen and oxygen atoms in total. The zero-order valence-corrected chi connectivity index (χ0v) is 22.3. The van der Waals surface area contributed by atoms with Crippen LogP contribution in [0.2, 0.25) is 0 Å². The number of aliphatic carboxylic acids is 1. The van der Waals surface area contributed by atoms with Gasteiger partial charge in [-0.25, -0.2) is 4.39 Å². The molecule has 0 amide bonds. The Morgan fingerprint density at radius 1 is 1.18 bits per heavy atom. The summed E-state index contributed by atoms with van der Waals surface area (Å²) in [6, 6.07) is 12.3. The van der Waals surface area contributed by atoms with E-state index in [9.17, 15) is 23.1 Å². The third-order valence-corrected chi connectivity index (χ3v) is 7.57. The van der Waals surface area contributed by atoms with Gasteiger partial charge in [0.2, 0.25) is 0 Å². The van der Waals surface area contributed by atoms with Crippen LogP contribution in [0, 0.1) is 23.7 Å². The summed E-state index contributed by atoms with van der Waals surface area (Å²) in [5.74, 6) is 5.42. The number of carboxylic acids is 1. The summed E-state index contributed by atoms with van der Waals surface area (Å²) in [6.07, 6.45) is -2.01. The van der Waals surface area contributed by atoms with Crippen molar-refractivity contribution in [2.24, 2.45) is 11.8 Å². The standard InChI is InChI=1S/C31H32F4N2O3/c1-40-24-10-12-29-26(19-24)25(14-16-36-29)28(32)11-8-21-15-18-37(20-23(21)9-13-30(38)39)17-4-6-22-5-2-3-7-27(22)31(33,34)35/h2-3,5,7,10,12,14,16,19,21,23,28H,8-9,11,13,15,17-18,20H2,1H3,(H,38,39)/t21-,23+,28?/m1/s1. The van der Waals surface area contributed by atoms with Crippen LogP contribution in [0.5, 0.6) is 5.75 Å². The molecule has 0 aliphatic carbocycles. The van der Waals surface area contributed by atoms with Crippen LogP contribution in [0.4, 0.5) is 17.6 Å². The molecule has 3 aromatic rings. The Balaban J connectivity index is 1.41. The van der Waals surface area contributed by atoms with E-state index in [4.69, 9.17) is 4.74 Å². The van der Waals surface area contributed by atoms with E-state index in [1.165, 1.54) is 18.2 Å². The fourth-order valence-corrected chi connectivity index (χ4v) is 5.46. The zero-order valence-electron chi connectivity index (χ0n) is 22.3. The van der Waals surface area contributed by atoms with E-state index < -0.39 is 23.9 Å².